The summed E-state index contributed by atoms with van der Waals surface area (Å²) in [5.74, 6) is -0.444. The van der Waals surface area contributed by atoms with Gasteiger partial charge in [-0.25, -0.2) is 0 Å². The van der Waals surface area contributed by atoms with Crippen LogP contribution in [0.1, 0.15) is 10.4 Å². The highest BCUT2D eigenvalue weighted by molar-refractivity contribution is 6.31. The highest BCUT2D eigenvalue weighted by Crippen LogP contribution is 2.22. The number of aliphatic hydroxyl groups is 2. The maximum Gasteiger partial charge on any atom is 0.252 e. The Morgan fingerprint density at radius 2 is 2.25 bits per heavy atom. The molecule has 0 heterocycles. The van der Waals surface area contributed by atoms with Gasteiger partial charge < -0.3 is 20.7 Å². The number of amides is 1. The van der Waals surface area contributed by atoms with Crippen molar-refractivity contribution in [1.82, 2.24) is 0 Å². The van der Waals surface area contributed by atoms with Crippen molar-refractivity contribution in [3.63, 3.8) is 0 Å². The zero-order valence-electron chi connectivity index (χ0n) is 8.39. The van der Waals surface area contributed by atoms with Crippen molar-refractivity contribution in [2.24, 2.45) is 5.73 Å². The number of aliphatic hydroxyl groups excluding tert-OH is 2. The Morgan fingerprint density at radius 3 is 2.81 bits per heavy atom. The van der Waals surface area contributed by atoms with E-state index in [1.165, 1.54) is 18.2 Å². The molecule has 1 rings (SSSR count). The molecular weight excluding hydrogens is 234 g/mol. The molecule has 0 bridgehead atoms. The molecule has 1 aromatic carbocycles. The largest absolute Gasteiger partial charge is 0.490 e. The Hall–Kier alpha value is -1.30. The molecule has 0 radical (unpaired) electrons. The van der Waals surface area contributed by atoms with Gasteiger partial charge in [0.1, 0.15) is 18.5 Å². The summed E-state index contributed by atoms with van der Waals surface area (Å²) in [4.78, 5) is 11.1. The van der Waals surface area contributed by atoms with Crippen LogP contribution in [0.15, 0.2) is 18.2 Å². The molecule has 0 spiro atoms. The van der Waals surface area contributed by atoms with Crippen LogP contribution in [-0.4, -0.2) is 35.4 Å². The summed E-state index contributed by atoms with van der Waals surface area (Å²) < 4.78 is 5.14. The third-order valence-corrected chi connectivity index (χ3v) is 2.08. The van der Waals surface area contributed by atoms with Crippen molar-refractivity contribution in [2.45, 2.75) is 6.10 Å². The number of primary amides is 1. The van der Waals surface area contributed by atoms with Crippen LogP contribution in [0, 0.1) is 0 Å². The van der Waals surface area contributed by atoms with Crippen molar-refractivity contribution in [3.8, 4) is 5.75 Å². The normalized spacial score (nSPS) is 12.2. The lowest BCUT2D eigenvalue weighted by atomic mass is 10.2. The van der Waals surface area contributed by atoms with Crippen molar-refractivity contribution in [1.29, 1.82) is 0 Å². The first kappa shape index (κ1) is 12.8. The highest BCUT2D eigenvalue weighted by atomic mass is 35.5. The first-order valence-electron chi connectivity index (χ1n) is 4.55. The van der Waals surface area contributed by atoms with Gasteiger partial charge in [-0.2, -0.15) is 0 Å². The number of nitrogens with two attached hydrogens (primary N) is 1. The van der Waals surface area contributed by atoms with Gasteiger partial charge in [-0.3, -0.25) is 4.79 Å². The van der Waals surface area contributed by atoms with E-state index >= 15 is 0 Å². The first-order chi connectivity index (χ1) is 7.54. The molecule has 0 aliphatic heterocycles. The molecular formula is C10H12ClNO4. The number of carbonyl (C=O) groups is 1. The van der Waals surface area contributed by atoms with Crippen LogP contribution in [0.5, 0.6) is 5.75 Å². The van der Waals surface area contributed by atoms with Gasteiger partial charge in [0, 0.05) is 5.02 Å². The predicted octanol–water partition coefficient (Wildman–Crippen LogP) is 0.171. The molecule has 0 aromatic heterocycles. The Balaban J connectivity index is 2.82. The van der Waals surface area contributed by atoms with E-state index in [2.05, 4.69) is 0 Å². The van der Waals surface area contributed by atoms with E-state index in [0.717, 1.165) is 0 Å². The van der Waals surface area contributed by atoms with Crippen LogP contribution in [0.2, 0.25) is 5.02 Å². The van der Waals surface area contributed by atoms with Gasteiger partial charge in [-0.15, -0.1) is 0 Å². The molecule has 5 nitrogen and oxygen atoms in total. The third kappa shape index (κ3) is 3.37. The number of ether oxygens (including phenoxy) is 1. The summed E-state index contributed by atoms with van der Waals surface area (Å²) in [5.41, 5.74) is 5.27. The Bertz CT molecular complexity index is 383. The van der Waals surface area contributed by atoms with Crippen molar-refractivity contribution in [2.75, 3.05) is 13.2 Å². The second-order valence-electron chi connectivity index (χ2n) is 3.15. The lowest BCUT2D eigenvalue weighted by molar-refractivity contribution is 0.0531. The predicted molar refractivity (Wildman–Crippen MR) is 58.6 cm³/mol. The van der Waals surface area contributed by atoms with E-state index in [0.29, 0.717) is 5.02 Å². The fraction of sp³-hybridized carbons (Fsp3) is 0.300. The summed E-state index contributed by atoms with van der Waals surface area (Å²) in [6, 6.07) is 4.39. The smallest absolute Gasteiger partial charge is 0.252 e. The van der Waals surface area contributed by atoms with Crippen molar-refractivity contribution >= 4 is 17.5 Å². The van der Waals surface area contributed by atoms with Gasteiger partial charge >= 0.3 is 0 Å². The molecule has 1 amide bonds. The van der Waals surface area contributed by atoms with E-state index in [9.17, 15) is 4.79 Å². The molecule has 1 atom stereocenters. The lowest BCUT2D eigenvalue weighted by Gasteiger charge is -2.12. The van der Waals surface area contributed by atoms with Crippen molar-refractivity contribution < 1.29 is 19.7 Å². The van der Waals surface area contributed by atoms with Gasteiger partial charge in [0.05, 0.1) is 12.2 Å². The summed E-state index contributed by atoms with van der Waals surface area (Å²) in [5, 5.41) is 18.0. The Labute approximate surface area is 97.4 Å². The van der Waals surface area contributed by atoms with E-state index in [1.54, 1.807) is 0 Å². The van der Waals surface area contributed by atoms with Crippen LogP contribution in [0.25, 0.3) is 0 Å². The van der Waals surface area contributed by atoms with Gasteiger partial charge in [-0.05, 0) is 18.2 Å². The van der Waals surface area contributed by atoms with E-state index in [4.69, 9.17) is 32.3 Å². The Morgan fingerprint density at radius 1 is 1.56 bits per heavy atom. The maximum absolute atomic E-state index is 11.1. The zero-order valence-corrected chi connectivity index (χ0v) is 9.15. The highest BCUT2D eigenvalue weighted by Gasteiger charge is 2.11. The number of carbonyl (C=O) groups excluding carboxylic acids is 1. The van der Waals surface area contributed by atoms with Crippen LogP contribution in [0.3, 0.4) is 0 Å². The number of benzene rings is 1. The Kier molecular flexibility index (Phi) is 4.54. The topological polar surface area (TPSA) is 92.8 Å². The van der Waals surface area contributed by atoms with Gasteiger partial charge in [0.25, 0.3) is 5.91 Å². The monoisotopic (exact) mass is 245 g/mol. The molecule has 16 heavy (non-hydrogen) atoms. The summed E-state index contributed by atoms with van der Waals surface area (Å²) >= 11 is 5.70. The average Bonchev–Trinajstić information content (AvgIpc) is 2.26. The second-order valence-corrected chi connectivity index (χ2v) is 3.59. The average molecular weight is 246 g/mol. The molecule has 88 valence electrons. The zero-order chi connectivity index (χ0) is 12.1. The van der Waals surface area contributed by atoms with E-state index in [1.807, 2.05) is 0 Å². The van der Waals surface area contributed by atoms with Crippen LogP contribution < -0.4 is 10.5 Å². The van der Waals surface area contributed by atoms with E-state index in [-0.39, 0.29) is 17.9 Å². The van der Waals surface area contributed by atoms with Crippen LogP contribution in [0.4, 0.5) is 0 Å². The number of halogens is 1. The van der Waals surface area contributed by atoms with Crippen LogP contribution in [-0.2, 0) is 0 Å². The number of hydrogen-bond donors (Lipinski definition) is 3. The molecule has 6 heteroatoms. The molecule has 0 aliphatic rings. The molecule has 4 N–H and O–H groups in total. The molecule has 0 unspecified atom stereocenters. The maximum atomic E-state index is 11.1. The lowest BCUT2D eigenvalue weighted by Crippen LogP contribution is -2.22. The fourth-order valence-electron chi connectivity index (χ4n) is 1.06. The number of hydrogen-bond acceptors (Lipinski definition) is 4. The summed E-state index contributed by atoms with van der Waals surface area (Å²) in [6.07, 6.45) is -1.00. The first-order valence-corrected chi connectivity index (χ1v) is 4.93. The van der Waals surface area contributed by atoms with Gasteiger partial charge in [0.15, 0.2) is 0 Å². The minimum absolute atomic E-state index is 0.127. The standard InChI is InChI=1S/C10H12ClNO4/c11-6-1-2-9(8(3-6)10(12)15)16-5-7(14)4-13/h1-3,7,13-14H,4-5H2,(H2,12,15)/t7-/m1/s1. The molecule has 1 aromatic rings. The molecule has 0 saturated heterocycles. The number of rotatable bonds is 5. The second kappa shape index (κ2) is 5.69. The minimum Gasteiger partial charge on any atom is -0.490 e. The van der Waals surface area contributed by atoms with Crippen LogP contribution >= 0.6 is 11.6 Å². The van der Waals surface area contributed by atoms with Crippen molar-refractivity contribution in [3.05, 3.63) is 28.8 Å². The van der Waals surface area contributed by atoms with Gasteiger partial charge in [0.2, 0.25) is 0 Å². The quantitative estimate of drug-likeness (QED) is 0.690. The van der Waals surface area contributed by atoms with E-state index < -0.39 is 18.6 Å². The van der Waals surface area contributed by atoms with Gasteiger partial charge in [-0.1, -0.05) is 11.6 Å². The minimum atomic E-state index is -1.00. The molecule has 0 fully saturated rings. The fourth-order valence-corrected chi connectivity index (χ4v) is 1.23. The molecule has 0 saturated carbocycles. The summed E-state index contributed by atoms with van der Waals surface area (Å²) in [7, 11) is 0. The summed E-state index contributed by atoms with van der Waals surface area (Å²) in [6.45, 7) is -0.544. The molecule has 0 aliphatic carbocycles. The third-order valence-electron chi connectivity index (χ3n) is 1.85. The SMILES string of the molecule is NC(=O)c1cc(Cl)ccc1OC[C@H](O)CO.